The fourth-order valence-corrected chi connectivity index (χ4v) is 1.66. The second-order valence-corrected chi connectivity index (χ2v) is 4.13. The summed E-state index contributed by atoms with van der Waals surface area (Å²) in [6, 6.07) is 4.19. The van der Waals surface area contributed by atoms with Gasteiger partial charge in [-0.15, -0.1) is 0 Å². The Bertz CT molecular complexity index is 585. The molecule has 0 radical (unpaired) electrons. The summed E-state index contributed by atoms with van der Waals surface area (Å²) in [5, 5.41) is 0. The van der Waals surface area contributed by atoms with E-state index >= 15 is 0 Å². The van der Waals surface area contributed by atoms with E-state index in [1.807, 2.05) is 0 Å². The highest BCUT2D eigenvalue weighted by Crippen LogP contribution is 2.29. The largest absolute Gasteiger partial charge is 0.416 e. The van der Waals surface area contributed by atoms with Crippen LogP contribution in [-0.4, -0.2) is 15.3 Å². The average Bonchev–Trinajstić information content (AvgIpc) is 2.74. The molecule has 2 aromatic rings. The van der Waals surface area contributed by atoms with Crippen LogP contribution in [0.1, 0.15) is 21.7 Å². The molecular weight excluding hydrogens is 257 g/mol. The molecule has 0 fully saturated rings. The van der Waals surface area contributed by atoms with Crippen molar-refractivity contribution >= 4 is 5.78 Å². The number of imidazole rings is 1. The highest BCUT2D eigenvalue weighted by Gasteiger charge is 2.30. The number of carbonyl (C=O) groups is 1. The SMILES string of the molecule is Cn1ccnc1CC(=O)c1ccc(C(F)(F)F)cc1. The van der Waals surface area contributed by atoms with Crippen molar-refractivity contribution in [1.29, 1.82) is 0 Å². The first kappa shape index (κ1) is 13.3. The van der Waals surface area contributed by atoms with E-state index < -0.39 is 11.7 Å². The first-order valence-electron chi connectivity index (χ1n) is 5.54. The molecule has 2 rings (SSSR count). The quantitative estimate of drug-likeness (QED) is 0.802. The molecule has 100 valence electrons. The Morgan fingerprint density at radius 3 is 2.37 bits per heavy atom. The maximum Gasteiger partial charge on any atom is 0.416 e. The minimum atomic E-state index is -4.39. The van der Waals surface area contributed by atoms with Crippen molar-refractivity contribution in [2.75, 3.05) is 0 Å². The molecule has 0 amide bonds. The van der Waals surface area contributed by atoms with Gasteiger partial charge in [0, 0.05) is 25.0 Å². The molecule has 0 N–H and O–H groups in total. The Labute approximate surface area is 107 Å². The molecule has 0 saturated carbocycles. The summed E-state index contributed by atoms with van der Waals surface area (Å²) < 4.78 is 38.8. The van der Waals surface area contributed by atoms with E-state index in [9.17, 15) is 18.0 Å². The van der Waals surface area contributed by atoms with Crippen LogP contribution in [0.2, 0.25) is 0 Å². The van der Waals surface area contributed by atoms with E-state index in [0.717, 1.165) is 12.1 Å². The van der Waals surface area contributed by atoms with E-state index in [4.69, 9.17) is 0 Å². The van der Waals surface area contributed by atoms with E-state index in [-0.39, 0.29) is 17.8 Å². The van der Waals surface area contributed by atoms with Crippen LogP contribution in [0.5, 0.6) is 0 Å². The number of hydrogen-bond donors (Lipinski definition) is 0. The van der Waals surface area contributed by atoms with Crippen molar-refractivity contribution in [1.82, 2.24) is 9.55 Å². The lowest BCUT2D eigenvalue weighted by molar-refractivity contribution is -0.137. The molecule has 6 heteroatoms. The van der Waals surface area contributed by atoms with Crippen molar-refractivity contribution in [2.45, 2.75) is 12.6 Å². The number of hydrogen-bond acceptors (Lipinski definition) is 2. The van der Waals surface area contributed by atoms with Crippen LogP contribution < -0.4 is 0 Å². The lowest BCUT2D eigenvalue weighted by Gasteiger charge is -2.07. The standard InChI is InChI=1S/C13H11F3N2O/c1-18-7-6-17-12(18)8-11(19)9-2-4-10(5-3-9)13(14,15)16/h2-7H,8H2,1H3. The number of halogens is 3. The number of benzene rings is 1. The summed E-state index contributed by atoms with van der Waals surface area (Å²) in [6.07, 6.45) is -1.05. The first-order chi connectivity index (χ1) is 8.88. The van der Waals surface area contributed by atoms with Gasteiger partial charge in [-0.05, 0) is 12.1 Å². The van der Waals surface area contributed by atoms with Gasteiger partial charge in [-0.25, -0.2) is 4.98 Å². The second-order valence-electron chi connectivity index (χ2n) is 4.13. The zero-order valence-corrected chi connectivity index (χ0v) is 10.1. The summed E-state index contributed by atoms with van der Waals surface area (Å²) >= 11 is 0. The molecule has 0 aliphatic rings. The molecule has 0 unspecified atom stereocenters. The van der Waals surface area contributed by atoms with Crippen molar-refractivity contribution in [3.05, 3.63) is 53.6 Å². The molecule has 19 heavy (non-hydrogen) atoms. The van der Waals surface area contributed by atoms with E-state index in [1.54, 1.807) is 24.0 Å². The first-order valence-corrected chi connectivity index (χ1v) is 5.54. The van der Waals surface area contributed by atoms with Crippen molar-refractivity contribution in [3.63, 3.8) is 0 Å². The van der Waals surface area contributed by atoms with Gasteiger partial charge in [0.15, 0.2) is 5.78 Å². The molecule has 0 aliphatic carbocycles. The maximum absolute atomic E-state index is 12.4. The fourth-order valence-electron chi connectivity index (χ4n) is 1.66. The molecule has 0 atom stereocenters. The van der Waals surface area contributed by atoms with Crippen LogP contribution in [-0.2, 0) is 19.6 Å². The maximum atomic E-state index is 12.4. The third kappa shape index (κ3) is 3.01. The molecule has 3 nitrogen and oxygen atoms in total. The predicted octanol–water partition coefficient (Wildman–Crippen LogP) is 2.86. The van der Waals surface area contributed by atoms with Crippen LogP contribution in [0.15, 0.2) is 36.7 Å². The topological polar surface area (TPSA) is 34.9 Å². The number of alkyl halides is 3. The van der Waals surface area contributed by atoms with Gasteiger partial charge in [0.25, 0.3) is 0 Å². The van der Waals surface area contributed by atoms with Gasteiger partial charge in [0.2, 0.25) is 0 Å². The van der Waals surface area contributed by atoms with Crippen molar-refractivity contribution in [3.8, 4) is 0 Å². The van der Waals surface area contributed by atoms with Gasteiger partial charge in [0.1, 0.15) is 5.82 Å². The Hall–Kier alpha value is -2.11. The lowest BCUT2D eigenvalue weighted by Crippen LogP contribution is -2.09. The molecule has 1 aromatic heterocycles. The highest BCUT2D eigenvalue weighted by atomic mass is 19.4. The number of ketones is 1. The smallest absolute Gasteiger partial charge is 0.338 e. The van der Waals surface area contributed by atoms with Crippen LogP contribution >= 0.6 is 0 Å². The Morgan fingerprint density at radius 1 is 1.26 bits per heavy atom. The Morgan fingerprint density at radius 2 is 1.89 bits per heavy atom. The van der Waals surface area contributed by atoms with Gasteiger partial charge in [-0.1, -0.05) is 12.1 Å². The summed E-state index contributed by atoms with van der Waals surface area (Å²) in [7, 11) is 1.75. The highest BCUT2D eigenvalue weighted by molar-refractivity contribution is 5.97. The number of aromatic nitrogens is 2. The Kier molecular flexibility index (Phi) is 3.42. The van der Waals surface area contributed by atoms with Crippen LogP contribution in [0.25, 0.3) is 0 Å². The second kappa shape index (κ2) is 4.87. The van der Waals surface area contributed by atoms with Crippen molar-refractivity contribution in [2.24, 2.45) is 7.05 Å². The number of rotatable bonds is 3. The van der Waals surface area contributed by atoms with Gasteiger partial charge >= 0.3 is 6.18 Å². The van der Waals surface area contributed by atoms with Crippen LogP contribution in [0.4, 0.5) is 13.2 Å². The summed E-state index contributed by atoms with van der Waals surface area (Å²) in [6.45, 7) is 0. The average molecular weight is 268 g/mol. The summed E-state index contributed by atoms with van der Waals surface area (Å²) in [4.78, 5) is 15.9. The van der Waals surface area contributed by atoms with Crippen LogP contribution in [0.3, 0.4) is 0 Å². The van der Waals surface area contributed by atoms with Crippen LogP contribution in [0, 0.1) is 0 Å². The molecule has 0 bridgehead atoms. The third-order valence-corrected chi connectivity index (χ3v) is 2.77. The normalized spacial score (nSPS) is 11.6. The molecule has 1 aromatic carbocycles. The molecular formula is C13H11F3N2O. The Balaban J connectivity index is 2.14. The van der Waals surface area contributed by atoms with Crippen molar-refractivity contribution < 1.29 is 18.0 Å². The van der Waals surface area contributed by atoms with E-state index in [1.165, 1.54) is 12.1 Å². The lowest BCUT2D eigenvalue weighted by atomic mass is 10.1. The van der Waals surface area contributed by atoms with Gasteiger partial charge in [-0.2, -0.15) is 13.2 Å². The minimum Gasteiger partial charge on any atom is -0.338 e. The van der Waals surface area contributed by atoms with Gasteiger partial charge in [0.05, 0.1) is 12.0 Å². The summed E-state index contributed by atoms with van der Waals surface area (Å²) in [5.74, 6) is 0.313. The number of carbonyl (C=O) groups excluding carboxylic acids is 1. The molecule has 0 spiro atoms. The molecule has 1 heterocycles. The fraction of sp³-hybridized carbons (Fsp3) is 0.231. The molecule has 0 saturated heterocycles. The number of Topliss-reactive ketones (excluding diaryl/α,β-unsaturated/α-hetero) is 1. The molecule has 0 aliphatic heterocycles. The third-order valence-electron chi connectivity index (χ3n) is 2.77. The van der Waals surface area contributed by atoms with Gasteiger partial charge < -0.3 is 4.57 Å². The summed E-state index contributed by atoms with van der Waals surface area (Å²) in [5.41, 5.74) is -0.517. The monoisotopic (exact) mass is 268 g/mol. The number of aryl methyl sites for hydroxylation is 1. The van der Waals surface area contributed by atoms with E-state index in [0.29, 0.717) is 5.82 Å². The number of nitrogens with zero attached hydrogens (tertiary/aromatic N) is 2. The van der Waals surface area contributed by atoms with Gasteiger partial charge in [-0.3, -0.25) is 4.79 Å². The minimum absolute atomic E-state index is 0.0643. The zero-order valence-electron chi connectivity index (χ0n) is 10.1. The predicted molar refractivity (Wildman–Crippen MR) is 62.7 cm³/mol. The van der Waals surface area contributed by atoms with E-state index in [2.05, 4.69) is 4.98 Å². The zero-order chi connectivity index (χ0) is 14.0.